The molecule has 0 aliphatic carbocycles. The van der Waals surface area contributed by atoms with Crippen LogP contribution in [0.4, 0.5) is 5.69 Å². The van der Waals surface area contributed by atoms with Gasteiger partial charge >= 0.3 is 5.97 Å². The van der Waals surface area contributed by atoms with Gasteiger partial charge in [0.15, 0.2) is 6.10 Å². The number of aliphatic hydroxyl groups excluding tert-OH is 1. The van der Waals surface area contributed by atoms with Gasteiger partial charge in [0.25, 0.3) is 5.91 Å². The Morgan fingerprint density at radius 3 is 2.65 bits per heavy atom. The molecule has 1 atom stereocenters. The third-order valence-electron chi connectivity index (χ3n) is 2.00. The summed E-state index contributed by atoms with van der Waals surface area (Å²) >= 11 is 3.19. The van der Waals surface area contributed by atoms with Gasteiger partial charge in [-0.25, -0.2) is 4.79 Å². The second-order valence-corrected chi connectivity index (χ2v) is 4.15. The molecule has 0 bridgehead atoms. The molecule has 7 heteroatoms. The van der Waals surface area contributed by atoms with Gasteiger partial charge in [-0.15, -0.1) is 0 Å². The van der Waals surface area contributed by atoms with Crippen molar-refractivity contribution in [1.82, 2.24) is 5.32 Å². The molecule has 0 aromatic heterocycles. The van der Waals surface area contributed by atoms with E-state index in [9.17, 15) is 9.59 Å². The zero-order chi connectivity index (χ0) is 13.0. The smallest absolute Gasteiger partial charge is 0.334 e. The zero-order valence-electron chi connectivity index (χ0n) is 8.68. The van der Waals surface area contributed by atoms with Gasteiger partial charge in [0, 0.05) is 15.7 Å². The average Bonchev–Trinajstić information content (AvgIpc) is 2.28. The Bertz CT molecular complexity index is 450. The van der Waals surface area contributed by atoms with Gasteiger partial charge in [0.1, 0.15) is 0 Å². The monoisotopic (exact) mass is 302 g/mol. The lowest BCUT2D eigenvalue weighted by Gasteiger charge is -2.08. The van der Waals surface area contributed by atoms with Crippen LogP contribution in [0.5, 0.6) is 0 Å². The van der Waals surface area contributed by atoms with E-state index in [1.807, 2.05) is 0 Å². The van der Waals surface area contributed by atoms with Crippen LogP contribution < -0.4 is 11.1 Å². The molecule has 0 fully saturated rings. The Labute approximate surface area is 106 Å². The molecule has 17 heavy (non-hydrogen) atoms. The van der Waals surface area contributed by atoms with Crippen molar-refractivity contribution in [1.29, 1.82) is 0 Å². The standard InChI is InChI=1S/C10H11BrN2O4/c11-6-2-1-5(3-7(6)12)9(15)13-4-8(14)10(16)17/h1-3,8,14H,4,12H2,(H,13,15)(H,16,17). The van der Waals surface area contributed by atoms with Gasteiger partial charge in [-0.2, -0.15) is 0 Å². The number of aliphatic carboxylic acids is 1. The minimum atomic E-state index is -1.62. The van der Waals surface area contributed by atoms with Gasteiger partial charge in [0.2, 0.25) is 0 Å². The maximum atomic E-state index is 11.5. The number of amides is 1. The second-order valence-electron chi connectivity index (χ2n) is 3.30. The molecular formula is C10H11BrN2O4. The lowest BCUT2D eigenvalue weighted by atomic mass is 10.2. The van der Waals surface area contributed by atoms with Crippen LogP contribution in [-0.4, -0.2) is 34.7 Å². The van der Waals surface area contributed by atoms with E-state index >= 15 is 0 Å². The van der Waals surface area contributed by atoms with E-state index < -0.39 is 18.0 Å². The number of aliphatic hydroxyl groups is 1. The third-order valence-corrected chi connectivity index (χ3v) is 2.72. The molecule has 0 radical (unpaired) electrons. The number of carboxylic acid groups (broad SMARTS) is 1. The van der Waals surface area contributed by atoms with E-state index in [1.165, 1.54) is 12.1 Å². The summed E-state index contributed by atoms with van der Waals surface area (Å²) in [6.07, 6.45) is -1.62. The molecule has 0 saturated heterocycles. The number of nitrogen functional groups attached to an aromatic ring is 1. The number of benzene rings is 1. The molecule has 0 saturated carbocycles. The predicted molar refractivity (Wildman–Crippen MR) is 64.5 cm³/mol. The van der Waals surface area contributed by atoms with Gasteiger partial charge in [-0.05, 0) is 34.1 Å². The van der Waals surface area contributed by atoms with Crippen LogP contribution in [0.25, 0.3) is 0 Å². The highest BCUT2D eigenvalue weighted by molar-refractivity contribution is 9.10. The molecule has 0 spiro atoms. The lowest BCUT2D eigenvalue weighted by Crippen LogP contribution is -2.36. The first-order valence-corrected chi connectivity index (χ1v) is 5.45. The van der Waals surface area contributed by atoms with E-state index in [0.717, 1.165) is 0 Å². The number of nitrogens with two attached hydrogens (primary N) is 1. The first-order valence-electron chi connectivity index (χ1n) is 4.66. The molecule has 1 amide bonds. The summed E-state index contributed by atoms with van der Waals surface area (Å²) < 4.78 is 0.666. The number of carbonyl (C=O) groups excluding carboxylic acids is 1. The molecule has 1 rings (SSSR count). The van der Waals surface area contributed by atoms with Crippen LogP contribution in [0.1, 0.15) is 10.4 Å². The molecule has 0 aliphatic heterocycles. The zero-order valence-corrected chi connectivity index (χ0v) is 10.3. The summed E-state index contributed by atoms with van der Waals surface area (Å²) in [5.41, 5.74) is 6.29. The summed E-state index contributed by atoms with van der Waals surface area (Å²) in [6, 6.07) is 4.59. The number of hydrogen-bond donors (Lipinski definition) is 4. The van der Waals surface area contributed by atoms with Crippen LogP contribution in [0, 0.1) is 0 Å². The number of nitrogens with one attached hydrogen (secondary N) is 1. The fraction of sp³-hybridized carbons (Fsp3) is 0.200. The van der Waals surface area contributed by atoms with Crippen LogP contribution in [0.3, 0.4) is 0 Å². The fourth-order valence-electron chi connectivity index (χ4n) is 1.06. The van der Waals surface area contributed by atoms with Crippen LogP contribution in [0.2, 0.25) is 0 Å². The SMILES string of the molecule is Nc1cc(C(=O)NCC(O)C(=O)O)ccc1Br. The van der Waals surface area contributed by atoms with E-state index in [1.54, 1.807) is 6.07 Å². The molecule has 1 unspecified atom stereocenters. The molecule has 0 heterocycles. The molecule has 1 aromatic carbocycles. The molecule has 5 N–H and O–H groups in total. The highest BCUT2D eigenvalue weighted by Crippen LogP contribution is 2.19. The van der Waals surface area contributed by atoms with Gasteiger partial charge in [-0.1, -0.05) is 0 Å². The van der Waals surface area contributed by atoms with Crippen LogP contribution in [0.15, 0.2) is 22.7 Å². The predicted octanol–water partition coefficient (Wildman–Crippen LogP) is 0.207. The molecule has 0 aliphatic rings. The van der Waals surface area contributed by atoms with E-state index in [2.05, 4.69) is 21.2 Å². The first-order chi connectivity index (χ1) is 7.91. The van der Waals surface area contributed by atoms with Crippen molar-refractivity contribution < 1.29 is 19.8 Å². The third kappa shape index (κ3) is 3.72. The maximum Gasteiger partial charge on any atom is 0.334 e. The average molecular weight is 303 g/mol. The van der Waals surface area contributed by atoms with Crippen molar-refractivity contribution >= 4 is 33.5 Å². The van der Waals surface area contributed by atoms with Crippen molar-refractivity contribution in [2.45, 2.75) is 6.10 Å². The van der Waals surface area contributed by atoms with E-state index in [-0.39, 0.29) is 6.54 Å². The number of carbonyl (C=O) groups is 2. The molecular weight excluding hydrogens is 292 g/mol. The Morgan fingerprint density at radius 1 is 1.47 bits per heavy atom. The van der Waals surface area contributed by atoms with Gasteiger partial charge < -0.3 is 21.3 Å². The largest absolute Gasteiger partial charge is 0.479 e. The number of carboxylic acids is 1. The van der Waals surface area contributed by atoms with E-state index in [0.29, 0.717) is 15.7 Å². The van der Waals surface area contributed by atoms with Crippen LogP contribution in [-0.2, 0) is 4.79 Å². The molecule has 1 aromatic rings. The summed E-state index contributed by atoms with van der Waals surface area (Å²) in [5, 5.41) is 19.7. The quantitative estimate of drug-likeness (QED) is 0.594. The Morgan fingerprint density at radius 2 is 2.12 bits per heavy atom. The van der Waals surface area contributed by atoms with E-state index in [4.69, 9.17) is 15.9 Å². The number of hydrogen-bond acceptors (Lipinski definition) is 4. The van der Waals surface area contributed by atoms with Crippen molar-refractivity contribution in [3.05, 3.63) is 28.2 Å². The van der Waals surface area contributed by atoms with Crippen molar-refractivity contribution in [2.24, 2.45) is 0 Å². The second kappa shape index (κ2) is 5.65. The van der Waals surface area contributed by atoms with Crippen molar-refractivity contribution in [3.63, 3.8) is 0 Å². The number of rotatable bonds is 4. The Hall–Kier alpha value is -1.60. The topological polar surface area (TPSA) is 113 Å². The molecule has 6 nitrogen and oxygen atoms in total. The maximum absolute atomic E-state index is 11.5. The van der Waals surface area contributed by atoms with Crippen LogP contribution >= 0.6 is 15.9 Å². The van der Waals surface area contributed by atoms with Gasteiger partial charge in [-0.3, -0.25) is 4.79 Å². The van der Waals surface area contributed by atoms with Gasteiger partial charge in [0.05, 0.1) is 6.54 Å². The summed E-state index contributed by atoms with van der Waals surface area (Å²) in [5.74, 6) is -1.88. The minimum absolute atomic E-state index is 0.295. The lowest BCUT2D eigenvalue weighted by molar-refractivity contribution is -0.146. The number of halogens is 1. The Balaban J connectivity index is 2.64. The normalized spacial score (nSPS) is 11.9. The highest BCUT2D eigenvalue weighted by atomic mass is 79.9. The summed E-state index contributed by atoms with van der Waals surface area (Å²) in [6.45, 7) is -0.357. The first kappa shape index (κ1) is 13.5. The Kier molecular flexibility index (Phi) is 4.47. The minimum Gasteiger partial charge on any atom is -0.479 e. The highest BCUT2D eigenvalue weighted by Gasteiger charge is 2.15. The number of anilines is 1. The molecule has 92 valence electrons. The van der Waals surface area contributed by atoms with Crippen molar-refractivity contribution in [3.8, 4) is 0 Å². The summed E-state index contributed by atoms with van der Waals surface area (Å²) in [4.78, 5) is 21.9. The van der Waals surface area contributed by atoms with Crippen molar-refractivity contribution in [2.75, 3.05) is 12.3 Å². The summed E-state index contributed by atoms with van der Waals surface area (Å²) in [7, 11) is 0. The fourth-order valence-corrected chi connectivity index (χ4v) is 1.31.